The van der Waals surface area contributed by atoms with Gasteiger partial charge in [-0.25, -0.2) is 0 Å². The Morgan fingerprint density at radius 3 is 2.29 bits per heavy atom. The van der Waals surface area contributed by atoms with E-state index in [0.717, 1.165) is 0 Å². The maximum Gasteiger partial charge on any atom is 0.239 e. The second-order valence-electron chi connectivity index (χ2n) is 4.64. The smallest absolute Gasteiger partial charge is 0.239 e. The van der Waals surface area contributed by atoms with Gasteiger partial charge in [0.05, 0.1) is 12.1 Å². The molecule has 2 saturated heterocycles. The second-order valence-corrected chi connectivity index (χ2v) is 4.64. The van der Waals surface area contributed by atoms with Gasteiger partial charge in [0.25, 0.3) is 0 Å². The lowest BCUT2D eigenvalue weighted by Crippen LogP contribution is -2.43. The molecule has 0 saturated carbocycles. The van der Waals surface area contributed by atoms with Gasteiger partial charge in [-0.2, -0.15) is 0 Å². The third-order valence-corrected chi connectivity index (χ3v) is 3.54. The van der Waals surface area contributed by atoms with Crippen LogP contribution in [0.5, 0.6) is 0 Å². The van der Waals surface area contributed by atoms with Gasteiger partial charge >= 0.3 is 0 Å². The van der Waals surface area contributed by atoms with Crippen LogP contribution in [0.2, 0.25) is 0 Å². The van der Waals surface area contributed by atoms with Gasteiger partial charge in [-0.3, -0.25) is 4.79 Å². The van der Waals surface area contributed by atoms with Gasteiger partial charge in [-0.05, 0) is 6.42 Å². The standard InChI is InChI=1S/C11H20N2O4/c1-16-9-5-13(6-10(9)17-2)11(15)8-3-7(14)4-12-8/h7-10,12,14H,3-6H2,1-2H3. The van der Waals surface area contributed by atoms with Crippen LogP contribution in [0, 0.1) is 0 Å². The van der Waals surface area contributed by atoms with Crippen LogP contribution in [0.1, 0.15) is 6.42 Å². The van der Waals surface area contributed by atoms with Crippen molar-refractivity contribution in [2.24, 2.45) is 0 Å². The van der Waals surface area contributed by atoms with E-state index in [1.165, 1.54) is 0 Å². The number of rotatable bonds is 3. The fourth-order valence-electron chi connectivity index (χ4n) is 2.50. The SMILES string of the molecule is COC1CN(C(=O)C2CC(O)CN2)CC1OC. The van der Waals surface area contributed by atoms with E-state index in [4.69, 9.17) is 9.47 Å². The van der Waals surface area contributed by atoms with Gasteiger partial charge in [0.1, 0.15) is 12.2 Å². The highest BCUT2D eigenvalue weighted by Gasteiger charge is 2.39. The van der Waals surface area contributed by atoms with E-state index in [1.807, 2.05) is 0 Å². The zero-order valence-electron chi connectivity index (χ0n) is 10.3. The van der Waals surface area contributed by atoms with Crippen molar-refractivity contribution in [3.05, 3.63) is 0 Å². The molecule has 1 amide bonds. The topological polar surface area (TPSA) is 71.0 Å². The molecule has 0 aromatic carbocycles. The molecule has 0 radical (unpaired) electrons. The number of hydrogen-bond donors (Lipinski definition) is 2. The van der Waals surface area contributed by atoms with E-state index in [1.54, 1.807) is 19.1 Å². The van der Waals surface area contributed by atoms with Crippen LogP contribution in [-0.4, -0.2) is 74.1 Å². The summed E-state index contributed by atoms with van der Waals surface area (Å²) in [6, 6.07) is -0.266. The highest BCUT2D eigenvalue weighted by atomic mass is 16.5. The first-order valence-electron chi connectivity index (χ1n) is 5.91. The summed E-state index contributed by atoms with van der Waals surface area (Å²) in [5.74, 6) is 0.0307. The van der Waals surface area contributed by atoms with Crippen molar-refractivity contribution in [1.82, 2.24) is 10.2 Å². The van der Waals surface area contributed by atoms with Gasteiger partial charge < -0.3 is 24.8 Å². The molecule has 4 atom stereocenters. The first-order valence-corrected chi connectivity index (χ1v) is 5.91. The number of aliphatic hydroxyl groups is 1. The first-order chi connectivity index (χ1) is 8.15. The van der Waals surface area contributed by atoms with Gasteiger partial charge in [0.15, 0.2) is 0 Å². The number of nitrogens with one attached hydrogen (secondary N) is 1. The molecule has 0 aromatic rings. The molecular weight excluding hydrogens is 224 g/mol. The van der Waals surface area contributed by atoms with Crippen LogP contribution >= 0.6 is 0 Å². The van der Waals surface area contributed by atoms with E-state index in [-0.39, 0.29) is 24.2 Å². The minimum Gasteiger partial charge on any atom is -0.392 e. The number of ether oxygens (including phenoxy) is 2. The normalized spacial score (nSPS) is 37.7. The number of β-amino-alcohol motifs (C(OH)–C–C–N with tert-alkyl or cyclic N) is 1. The lowest BCUT2D eigenvalue weighted by atomic mass is 10.2. The summed E-state index contributed by atoms with van der Waals surface area (Å²) in [6.45, 7) is 1.61. The third-order valence-electron chi connectivity index (χ3n) is 3.54. The third kappa shape index (κ3) is 2.60. The molecule has 2 rings (SSSR count). The van der Waals surface area contributed by atoms with E-state index >= 15 is 0 Å². The van der Waals surface area contributed by atoms with Gasteiger partial charge in [0, 0.05) is 33.9 Å². The number of amides is 1. The van der Waals surface area contributed by atoms with Gasteiger partial charge in [-0.15, -0.1) is 0 Å². The van der Waals surface area contributed by atoms with Gasteiger partial charge in [-0.1, -0.05) is 0 Å². The quantitative estimate of drug-likeness (QED) is 0.638. The van der Waals surface area contributed by atoms with Crippen LogP contribution in [0.3, 0.4) is 0 Å². The van der Waals surface area contributed by atoms with Crippen molar-refractivity contribution in [1.29, 1.82) is 0 Å². The monoisotopic (exact) mass is 244 g/mol. The number of aliphatic hydroxyl groups excluding tert-OH is 1. The fraction of sp³-hybridized carbons (Fsp3) is 0.909. The largest absolute Gasteiger partial charge is 0.392 e. The maximum absolute atomic E-state index is 12.2. The first kappa shape index (κ1) is 12.8. The average Bonchev–Trinajstić information content (AvgIpc) is 2.93. The summed E-state index contributed by atoms with van der Waals surface area (Å²) in [4.78, 5) is 13.9. The molecule has 98 valence electrons. The Hall–Kier alpha value is -0.690. The zero-order valence-corrected chi connectivity index (χ0v) is 10.3. The Balaban J connectivity index is 1.93. The Kier molecular flexibility index (Phi) is 3.98. The van der Waals surface area contributed by atoms with Gasteiger partial charge in [0.2, 0.25) is 5.91 Å². The number of carbonyl (C=O) groups excluding carboxylic acids is 1. The van der Waals surface area contributed by atoms with E-state index in [0.29, 0.717) is 26.1 Å². The summed E-state index contributed by atoms with van der Waals surface area (Å²) in [5, 5.41) is 12.4. The average molecular weight is 244 g/mol. The van der Waals surface area contributed by atoms with E-state index < -0.39 is 6.10 Å². The molecule has 0 aliphatic carbocycles. The Labute approximate surface area is 101 Å². The van der Waals surface area contributed by atoms with Crippen LogP contribution < -0.4 is 5.32 Å². The summed E-state index contributed by atoms with van der Waals surface area (Å²) < 4.78 is 10.6. The summed E-state index contributed by atoms with van der Waals surface area (Å²) >= 11 is 0. The van der Waals surface area contributed by atoms with Crippen LogP contribution in [0.15, 0.2) is 0 Å². The van der Waals surface area contributed by atoms with Crippen LogP contribution in [0.25, 0.3) is 0 Å². The molecule has 2 fully saturated rings. The molecule has 2 aliphatic heterocycles. The number of nitrogens with zero attached hydrogens (tertiary/aromatic N) is 1. The van der Waals surface area contributed by atoms with Crippen LogP contribution in [-0.2, 0) is 14.3 Å². The lowest BCUT2D eigenvalue weighted by Gasteiger charge is -2.20. The van der Waals surface area contributed by atoms with Crippen LogP contribution in [0.4, 0.5) is 0 Å². The molecule has 17 heavy (non-hydrogen) atoms. The molecule has 6 nitrogen and oxygen atoms in total. The molecule has 6 heteroatoms. The summed E-state index contributed by atoms with van der Waals surface area (Å²) in [7, 11) is 3.25. The zero-order chi connectivity index (χ0) is 12.4. The summed E-state index contributed by atoms with van der Waals surface area (Å²) in [6.07, 6.45) is -0.0430. The van der Waals surface area contributed by atoms with Crippen molar-refractivity contribution >= 4 is 5.91 Å². The molecule has 2 aliphatic rings. The summed E-state index contributed by atoms with van der Waals surface area (Å²) in [5.41, 5.74) is 0. The predicted octanol–water partition coefficient (Wildman–Crippen LogP) is -1.42. The fourth-order valence-corrected chi connectivity index (χ4v) is 2.50. The lowest BCUT2D eigenvalue weighted by molar-refractivity contribution is -0.132. The molecular formula is C11H20N2O4. The minimum absolute atomic E-state index is 0.0307. The number of carbonyl (C=O) groups is 1. The molecule has 0 aromatic heterocycles. The Morgan fingerprint density at radius 2 is 1.88 bits per heavy atom. The molecule has 2 N–H and O–H groups in total. The van der Waals surface area contributed by atoms with Crippen molar-refractivity contribution in [3.8, 4) is 0 Å². The van der Waals surface area contributed by atoms with E-state index in [9.17, 15) is 9.90 Å². The predicted molar refractivity (Wildman–Crippen MR) is 60.6 cm³/mol. The molecule has 0 bridgehead atoms. The molecule has 2 heterocycles. The van der Waals surface area contributed by atoms with Crippen molar-refractivity contribution in [3.63, 3.8) is 0 Å². The van der Waals surface area contributed by atoms with Crippen molar-refractivity contribution in [2.45, 2.75) is 30.8 Å². The van der Waals surface area contributed by atoms with Crippen molar-refractivity contribution < 1.29 is 19.4 Å². The Morgan fingerprint density at radius 1 is 1.29 bits per heavy atom. The number of likely N-dealkylation sites (tertiary alicyclic amines) is 1. The number of methoxy groups -OCH3 is 2. The molecule has 4 unspecified atom stereocenters. The number of hydrogen-bond acceptors (Lipinski definition) is 5. The maximum atomic E-state index is 12.2. The molecule has 0 spiro atoms. The van der Waals surface area contributed by atoms with E-state index in [2.05, 4.69) is 5.32 Å². The Bertz CT molecular complexity index is 275. The van der Waals surface area contributed by atoms with Crippen molar-refractivity contribution in [2.75, 3.05) is 33.9 Å². The highest BCUT2D eigenvalue weighted by molar-refractivity contribution is 5.82. The second kappa shape index (κ2) is 5.30. The highest BCUT2D eigenvalue weighted by Crippen LogP contribution is 2.18. The minimum atomic E-state index is -0.414.